The van der Waals surface area contributed by atoms with Gasteiger partial charge in [-0.1, -0.05) is 41.4 Å². The van der Waals surface area contributed by atoms with Crippen LogP contribution in [0.25, 0.3) is 4.85 Å². The zero-order valence-electron chi connectivity index (χ0n) is 14.2. The lowest BCUT2D eigenvalue weighted by molar-refractivity contribution is -0.0457. The van der Waals surface area contributed by atoms with Crippen molar-refractivity contribution in [3.63, 3.8) is 0 Å². The van der Waals surface area contributed by atoms with Gasteiger partial charge in [0.1, 0.15) is 11.9 Å². The molecule has 28 heavy (non-hydrogen) atoms. The third-order valence-corrected chi connectivity index (χ3v) is 3.82. The van der Waals surface area contributed by atoms with Crippen LogP contribution in [0.5, 0.6) is 0 Å². The lowest BCUT2D eigenvalue weighted by Crippen LogP contribution is -1.98. The summed E-state index contributed by atoms with van der Waals surface area (Å²) >= 11 is 16.7. The molecule has 0 aliphatic rings. The van der Waals surface area contributed by atoms with Crippen LogP contribution in [0.1, 0.15) is 17.7 Å². The lowest BCUT2D eigenvalue weighted by atomic mass is 10.3. The minimum absolute atomic E-state index is 0.0872. The van der Waals surface area contributed by atoms with Crippen molar-refractivity contribution in [1.29, 1.82) is 0 Å². The first-order valence-electron chi connectivity index (χ1n) is 7.55. The van der Waals surface area contributed by atoms with Crippen LogP contribution >= 0.6 is 34.8 Å². The Morgan fingerprint density at radius 1 is 0.857 bits per heavy atom. The molecule has 0 fully saturated rings. The van der Waals surface area contributed by atoms with E-state index in [2.05, 4.69) is 19.8 Å². The minimum atomic E-state index is -1.59. The first-order chi connectivity index (χ1) is 13.4. The highest BCUT2D eigenvalue weighted by Crippen LogP contribution is 2.19. The average molecular weight is 442 g/mol. The number of aliphatic hydroxyl groups is 3. The fraction of sp³-hybridized carbons (Fsp3) is 0.111. The van der Waals surface area contributed by atoms with E-state index in [1.54, 1.807) is 48.8 Å². The van der Waals surface area contributed by atoms with Crippen LogP contribution in [0, 0.1) is 6.57 Å². The van der Waals surface area contributed by atoms with Crippen LogP contribution in [0.2, 0.25) is 15.1 Å². The van der Waals surface area contributed by atoms with E-state index in [-0.39, 0.29) is 23.1 Å². The van der Waals surface area contributed by atoms with E-state index < -0.39 is 6.29 Å². The van der Waals surface area contributed by atoms with E-state index in [9.17, 15) is 0 Å². The van der Waals surface area contributed by atoms with Gasteiger partial charge in [-0.15, -0.1) is 4.98 Å². The summed E-state index contributed by atoms with van der Waals surface area (Å²) in [6.45, 7) is 6.47. The average Bonchev–Trinajstić information content (AvgIpc) is 2.70. The largest absolute Gasteiger partial charge is 0.390 e. The molecule has 0 saturated heterocycles. The van der Waals surface area contributed by atoms with Gasteiger partial charge in [0.25, 0.3) is 5.82 Å². The van der Waals surface area contributed by atoms with Crippen LogP contribution in [0.4, 0.5) is 5.82 Å². The van der Waals surface area contributed by atoms with Crippen LogP contribution < -0.4 is 0 Å². The summed E-state index contributed by atoms with van der Waals surface area (Å²) in [6.07, 6.45) is 2.99. The molecule has 146 valence electrons. The summed E-state index contributed by atoms with van der Waals surface area (Å²) in [7, 11) is 0. The summed E-state index contributed by atoms with van der Waals surface area (Å²) in [6, 6.07) is 9.91. The molecule has 3 heterocycles. The quantitative estimate of drug-likeness (QED) is 0.406. The number of nitrogens with zero attached hydrogens (tertiary/aromatic N) is 4. The van der Waals surface area contributed by atoms with Gasteiger partial charge >= 0.3 is 0 Å². The van der Waals surface area contributed by atoms with Gasteiger partial charge in [-0.3, -0.25) is 9.97 Å². The molecule has 0 aliphatic carbocycles. The maximum absolute atomic E-state index is 8.61. The van der Waals surface area contributed by atoms with Crippen molar-refractivity contribution in [3.8, 4) is 0 Å². The van der Waals surface area contributed by atoms with E-state index in [0.29, 0.717) is 15.7 Å². The van der Waals surface area contributed by atoms with E-state index in [4.69, 9.17) is 56.7 Å². The summed E-state index contributed by atoms with van der Waals surface area (Å²) < 4.78 is 0. The Bertz CT molecular complexity index is 914. The van der Waals surface area contributed by atoms with E-state index in [1.807, 2.05) is 0 Å². The van der Waals surface area contributed by atoms with Crippen LogP contribution in [-0.2, 0) is 6.61 Å². The molecule has 0 amide bonds. The molecule has 3 N–H and O–H groups in total. The van der Waals surface area contributed by atoms with Crippen molar-refractivity contribution in [2.45, 2.75) is 12.9 Å². The second-order valence-electron chi connectivity index (χ2n) is 4.75. The highest BCUT2D eigenvalue weighted by atomic mass is 35.5. The Balaban J connectivity index is 0.000000210. The smallest absolute Gasteiger partial charge is 0.288 e. The van der Waals surface area contributed by atoms with Crippen LogP contribution in [0.15, 0.2) is 55.0 Å². The molecular formula is C18H15Cl3N4O3. The van der Waals surface area contributed by atoms with E-state index in [0.717, 1.165) is 0 Å². The Hall–Kier alpha value is -2.31. The normalized spacial score (nSPS) is 9.50. The lowest BCUT2D eigenvalue weighted by Gasteiger charge is -2.02. The number of hydrogen-bond donors (Lipinski definition) is 3. The van der Waals surface area contributed by atoms with Gasteiger partial charge in [-0.25, -0.2) is 0 Å². The van der Waals surface area contributed by atoms with Crippen molar-refractivity contribution in [3.05, 3.63) is 92.9 Å². The molecular weight excluding hydrogens is 427 g/mol. The molecule has 0 aliphatic heterocycles. The highest BCUT2D eigenvalue weighted by Gasteiger charge is 2.07. The van der Waals surface area contributed by atoms with Crippen molar-refractivity contribution < 1.29 is 15.3 Å². The molecule has 0 saturated carbocycles. The first kappa shape index (κ1) is 23.7. The van der Waals surface area contributed by atoms with E-state index >= 15 is 0 Å². The Morgan fingerprint density at radius 3 is 1.75 bits per heavy atom. The fourth-order valence-electron chi connectivity index (χ4n) is 1.58. The van der Waals surface area contributed by atoms with Crippen LogP contribution in [0.3, 0.4) is 0 Å². The third kappa shape index (κ3) is 8.15. The van der Waals surface area contributed by atoms with Gasteiger partial charge in [0, 0.05) is 12.4 Å². The monoisotopic (exact) mass is 440 g/mol. The molecule has 3 aromatic rings. The molecule has 7 nitrogen and oxygen atoms in total. The summed E-state index contributed by atoms with van der Waals surface area (Å²) in [5.74, 6) is 0.263. The number of aromatic nitrogens is 3. The minimum Gasteiger partial charge on any atom is -0.390 e. The Morgan fingerprint density at radius 2 is 1.39 bits per heavy atom. The van der Waals surface area contributed by atoms with Gasteiger partial charge in [-0.05, 0) is 36.4 Å². The predicted octanol–water partition coefficient (Wildman–Crippen LogP) is 4.23. The van der Waals surface area contributed by atoms with Crippen LogP contribution in [-0.4, -0.2) is 30.3 Å². The van der Waals surface area contributed by atoms with Gasteiger partial charge in [0.15, 0.2) is 6.29 Å². The zero-order valence-corrected chi connectivity index (χ0v) is 16.5. The Labute approximate surface area is 176 Å². The number of halogens is 3. The third-order valence-electron chi connectivity index (χ3n) is 2.86. The molecule has 3 aromatic heterocycles. The van der Waals surface area contributed by atoms with Crippen molar-refractivity contribution in [2.24, 2.45) is 0 Å². The second-order valence-corrected chi connectivity index (χ2v) is 5.98. The zero-order chi connectivity index (χ0) is 20.9. The number of hydrogen-bond acceptors (Lipinski definition) is 6. The van der Waals surface area contributed by atoms with Crippen molar-refractivity contribution in [1.82, 2.24) is 15.0 Å². The summed E-state index contributed by atoms with van der Waals surface area (Å²) in [4.78, 5) is 14.2. The van der Waals surface area contributed by atoms with Gasteiger partial charge in [-0.2, -0.15) is 0 Å². The standard InChI is InChI=1S/C6H3ClN2.C6H6ClNO2.C6H6ClNO/c1-8-6-5(7)3-2-4-9-6;7-4-2-1-3-8-5(4)6(9)10;7-5-2-1-3-8-6(5)4-9/h2-4H;1-3,6,9-10H;1-3,9H,4H2. The highest BCUT2D eigenvalue weighted by molar-refractivity contribution is 6.33. The maximum atomic E-state index is 8.61. The molecule has 3 rings (SSSR count). The first-order valence-corrected chi connectivity index (χ1v) is 8.68. The van der Waals surface area contributed by atoms with Crippen molar-refractivity contribution >= 4 is 40.6 Å². The SMILES string of the molecule is OC(O)c1ncccc1Cl.OCc1ncccc1Cl.[C-]#[N+]c1ncccc1Cl. The van der Waals surface area contributed by atoms with Gasteiger partial charge in [0.05, 0.1) is 27.4 Å². The molecule has 0 unspecified atom stereocenters. The predicted molar refractivity (Wildman–Crippen MR) is 107 cm³/mol. The Kier molecular flexibility index (Phi) is 11.0. The molecule has 0 aromatic carbocycles. The topological polar surface area (TPSA) is 104 Å². The van der Waals surface area contributed by atoms with Gasteiger partial charge < -0.3 is 20.2 Å². The molecule has 0 spiro atoms. The van der Waals surface area contributed by atoms with E-state index in [1.165, 1.54) is 6.20 Å². The summed E-state index contributed by atoms with van der Waals surface area (Å²) in [5, 5.41) is 27.0. The number of pyridine rings is 3. The van der Waals surface area contributed by atoms with Crippen molar-refractivity contribution in [2.75, 3.05) is 0 Å². The number of aliphatic hydroxyl groups excluding tert-OH is 2. The summed E-state index contributed by atoms with van der Waals surface area (Å²) in [5.41, 5.74) is 0.614. The fourth-order valence-corrected chi connectivity index (χ4v) is 2.15. The molecule has 0 atom stereocenters. The molecule has 10 heteroatoms. The second kappa shape index (κ2) is 13.0. The number of rotatable bonds is 2. The maximum Gasteiger partial charge on any atom is 0.288 e. The molecule has 0 radical (unpaired) electrons. The van der Waals surface area contributed by atoms with Gasteiger partial charge in [0.2, 0.25) is 0 Å². The molecule has 0 bridgehead atoms.